The zero-order valence-corrected chi connectivity index (χ0v) is 20.3. The van der Waals surface area contributed by atoms with Crippen molar-refractivity contribution in [3.8, 4) is 0 Å². The van der Waals surface area contributed by atoms with E-state index in [-0.39, 0.29) is 36.0 Å². The molecule has 8 atom stereocenters. The van der Waals surface area contributed by atoms with Crippen LogP contribution >= 0.6 is 0 Å². The Hall–Kier alpha value is 0.470. The largest absolute Gasteiger partial charge is 1.00 e. The molecule has 0 heterocycles. The second-order valence-corrected chi connectivity index (χ2v) is 11.0. The van der Waals surface area contributed by atoms with Gasteiger partial charge in [-0.05, 0) is 111 Å². The van der Waals surface area contributed by atoms with Crippen LogP contribution in [0.2, 0.25) is 0 Å². The molecule has 0 saturated heterocycles. The minimum Gasteiger partial charge on any atom is -0.550 e. The molecule has 4 aliphatic carbocycles. The number of rotatable bonds is 4. The molecule has 0 spiro atoms. The molecule has 0 aromatic carbocycles. The monoisotopic (exact) mass is 382 g/mol. The van der Waals surface area contributed by atoms with Crippen molar-refractivity contribution < 1.29 is 39.5 Å². The molecule has 0 N–H and O–H groups in total. The minimum absolute atomic E-state index is 0. The summed E-state index contributed by atoms with van der Waals surface area (Å²) >= 11 is 0. The number of carboxylic acid groups (broad SMARTS) is 1. The zero-order chi connectivity index (χ0) is 18.5. The Labute approximate surface area is 188 Å². The zero-order valence-electron chi connectivity index (χ0n) is 18.3. The summed E-state index contributed by atoms with van der Waals surface area (Å²) in [7, 11) is 0. The Kier molecular flexibility index (Phi) is 6.82. The molecule has 4 rings (SSSR count). The van der Waals surface area contributed by atoms with Crippen LogP contribution in [0, 0.1) is 46.3 Å². The van der Waals surface area contributed by atoms with E-state index in [1.54, 1.807) is 0 Å². The molecule has 0 aromatic rings. The molecule has 0 aliphatic heterocycles. The third kappa shape index (κ3) is 3.70. The van der Waals surface area contributed by atoms with E-state index in [1.807, 2.05) is 0 Å². The maximum absolute atomic E-state index is 10.9. The molecular weight excluding hydrogens is 343 g/mol. The molecular formula is C24H39NaO2. The van der Waals surface area contributed by atoms with Crippen LogP contribution in [-0.2, 0) is 4.79 Å². The van der Waals surface area contributed by atoms with Crippen LogP contribution in [0.15, 0.2) is 0 Å². The Morgan fingerprint density at radius 3 is 2.44 bits per heavy atom. The van der Waals surface area contributed by atoms with Gasteiger partial charge >= 0.3 is 29.6 Å². The first-order valence-corrected chi connectivity index (χ1v) is 11.6. The third-order valence-electron chi connectivity index (χ3n) is 10.1. The normalized spacial score (nSPS) is 47.1. The smallest absolute Gasteiger partial charge is 0.550 e. The molecule has 0 bridgehead atoms. The standard InChI is InChI=1S/C24H40O2.Na/c1-16(7-12-22(25)26)19-10-11-20-18-9-8-17-6-4-5-14-23(17,2)21(18)13-15-24(19,20)3;/h16-21H,4-15H2,1-3H3,(H,25,26);/q;+1/p-1/t16-,17+,18+,19-,20+,21+,23+,24-;/m1./s1. The average Bonchev–Trinajstić information content (AvgIpc) is 2.96. The van der Waals surface area contributed by atoms with Crippen molar-refractivity contribution in [2.24, 2.45) is 46.3 Å². The van der Waals surface area contributed by atoms with Gasteiger partial charge in [-0.15, -0.1) is 0 Å². The van der Waals surface area contributed by atoms with Crippen LogP contribution in [-0.4, -0.2) is 5.97 Å². The maximum Gasteiger partial charge on any atom is 1.00 e. The summed E-state index contributed by atoms with van der Waals surface area (Å²) in [6.07, 6.45) is 15.5. The SMILES string of the molecule is C[C@H](CCC(=O)[O-])[C@H]1CC[C@H]2[C@@H]3CC[C@@H]4CCCC[C@]4(C)[C@H]3CC[C@]12C.[Na+]. The van der Waals surface area contributed by atoms with E-state index in [1.165, 1.54) is 64.2 Å². The Morgan fingerprint density at radius 1 is 0.963 bits per heavy atom. The van der Waals surface area contributed by atoms with Gasteiger partial charge in [0.05, 0.1) is 0 Å². The van der Waals surface area contributed by atoms with Gasteiger partial charge in [-0.1, -0.05) is 33.6 Å². The number of carboxylic acids is 1. The van der Waals surface area contributed by atoms with Crippen molar-refractivity contribution in [3.63, 3.8) is 0 Å². The Morgan fingerprint density at radius 2 is 1.70 bits per heavy atom. The second-order valence-electron chi connectivity index (χ2n) is 11.0. The molecule has 2 nitrogen and oxygen atoms in total. The molecule has 0 amide bonds. The summed E-state index contributed by atoms with van der Waals surface area (Å²) in [5, 5.41) is 10.9. The fraction of sp³-hybridized carbons (Fsp3) is 0.958. The molecule has 27 heavy (non-hydrogen) atoms. The van der Waals surface area contributed by atoms with E-state index in [4.69, 9.17) is 0 Å². The molecule has 148 valence electrons. The van der Waals surface area contributed by atoms with Crippen molar-refractivity contribution in [2.45, 2.75) is 97.8 Å². The van der Waals surface area contributed by atoms with Crippen molar-refractivity contribution in [1.29, 1.82) is 0 Å². The summed E-state index contributed by atoms with van der Waals surface area (Å²) in [6.45, 7) is 7.55. The summed E-state index contributed by atoms with van der Waals surface area (Å²) in [5.74, 6) is 4.20. The molecule has 3 heteroatoms. The van der Waals surface area contributed by atoms with Crippen LogP contribution in [0.3, 0.4) is 0 Å². The maximum atomic E-state index is 10.9. The molecule has 4 aliphatic rings. The first-order valence-electron chi connectivity index (χ1n) is 11.6. The Bertz CT molecular complexity index is 548. The molecule has 0 aromatic heterocycles. The fourth-order valence-electron chi connectivity index (χ4n) is 8.82. The van der Waals surface area contributed by atoms with Crippen molar-refractivity contribution in [3.05, 3.63) is 0 Å². The van der Waals surface area contributed by atoms with E-state index in [0.29, 0.717) is 16.7 Å². The molecule has 4 fully saturated rings. The van der Waals surface area contributed by atoms with Gasteiger partial charge in [0, 0.05) is 5.97 Å². The van der Waals surface area contributed by atoms with E-state index in [2.05, 4.69) is 20.8 Å². The third-order valence-corrected chi connectivity index (χ3v) is 10.1. The summed E-state index contributed by atoms with van der Waals surface area (Å²) in [5.41, 5.74) is 1.09. The first kappa shape index (κ1) is 22.2. The Balaban J connectivity index is 0.00000210. The fourth-order valence-corrected chi connectivity index (χ4v) is 8.82. The van der Waals surface area contributed by atoms with E-state index in [0.717, 1.165) is 36.0 Å². The summed E-state index contributed by atoms with van der Waals surface area (Å²) in [6, 6.07) is 0. The summed E-state index contributed by atoms with van der Waals surface area (Å²) < 4.78 is 0. The number of aliphatic carboxylic acids is 1. The van der Waals surface area contributed by atoms with Crippen LogP contribution < -0.4 is 34.7 Å². The molecule has 4 saturated carbocycles. The van der Waals surface area contributed by atoms with Gasteiger partial charge in [-0.25, -0.2) is 0 Å². The van der Waals surface area contributed by atoms with Crippen LogP contribution in [0.5, 0.6) is 0 Å². The van der Waals surface area contributed by atoms with Gasteiger partial charge in [0.25, 0.3) is 0 Å². The van der Waals surface area contributed by atoms with Crippen LogP contribution in [0.1, 0.15) is 97.8 Å². The van der Waals surface area contributed by atoms with E-state index in [9.17, 15) is 9.90 Å². The number of carbonyl (C=O) groups excluding carboxylic acids is 1. The van der Waals surface area contributed by atoms with Crippen molar-refractivity contribution in [1.82, 2.24) is 0 Å². The predicted octanol–water partition coefficient (Wildman–Crippen LogP) is 2.21. The van der Waals surface area contributed by atoms with Crippen LogP contribution in [0.25, 0.3) is 0 Å². The minimum atomic E-state index is -0.871. The van der Waals surface area contributed by atoms with Gasteiger partial charge < -0.3 is 9.90 Å². The number of fused-ring (bicyclic) bond motifs is 5. The van der Waals surface area contributed by atoms with Crippen molar-refractivity contribution in [2.75, 3.05) is 0 Å². The molecule has 0 unspecified atom stereocenters. The molecule has 0 radical (unpaired) electrons. The topological polar surface area (TPSA) is 40.1 Å². The first-order chi connectivity index (χ1) is 12.4. The number of hydrogen-bond donors (Lipinski definition) is 0. The quantitative estimate of drug-likeness (QED) is 0.700. The number of hydrogen-bond acceptors (Lipinski definition) is 2. The van der Waals surface area contributed by atoms with Gasteiger partial charge in [0.15, 0.2) is 0 Å². The second kappa shape index (κ2) is 8.31. The van der Waals surface area contributed by atoms with Crippen molar-refractivity contribution >= 4 is 5.97 Å². The van der Waals surface area contributed by atoms with Crippen LogP contribution in [0.4, 0.5) is 0 Å². The van der Waals surface area contributed by atoms with Gasteiger partial charge in [0.2, 0.25) is 0 Å². The van der Waals surface area contributed by atoms with Gasteiger partial charge in [0.1, 0.15) is 0 Å². The van der Waals surface area contributed by atoms with E-state index >= 15 is 0 Å². The average molecular weight is 383 g/mol. The van der Waals surface area contributed by atoms with E-state index < -0.39 is 5.97 Å². The number of carbonyl (C=O) groups is 1. The van der Waals surface area contributed by atoms with Gasteiger partial charge in [-0.2, -0.15) is 0 Å². The van der Waals surface area contributed by atoms with Gasteiger partial charge in [-0.3, -0.25) is 0 Å². The predicted molar refractivity (Wildman–Crippen MR) is 103 cm³/mol. The summed E-state index contributed by atoms with van der Waals surface area (Å²) in [4.78, 5) is 10.9.